The molecule has 2 aromatic carbocycles. The van der Waals surface area contributed by atoms with Gasteiger partial charge >= 0.3 is 0 Å². The molecule has 1 amide bonds. The second-order valence-corrected chi connectivity index (χ2v) is 4.85. The summed E-state index contributed by atoms with van der Waals surface area (Å²) in [4.78, 5) is 12.5. The molecule has 3 nitrogen and oxygen atoms in total. The van der Waals surface area contributed by atoms with E-state index in [2.05, 4.69) is 10.6 Å². The molecular formula is C17H20N2O. The van der Waals surface area contributed by atoms with Crippen LogP contribution >= 0.6 is 0 Å². The minimum absolute atomic E-state index is 0.0843. The minimum Gasteiger partial charge on any atom is -0.385 e. The average molecular weight is 268 g/mol. The summed E-state index contributed by atoms with van der Waals surface area (Å²) in [5.41, 5.74) is 4.51. The third-order valence-corrected chi connectivity index (χ3v) is 3.18. The van der Waals surface area contributed by atoms with Crippen LogP contribution in [0.25, 0.3) is 0 Å². The molecule has 0 aliphatic heterocycles. The molecule has 2 rings (SSSR count). The molecule has 104 valence electrons. The van der Waals surface area contributed by atoms with Crippen molar-refractivity contribution in [2.45, 2.75) is 20.8 Å². The van der Waals surface area contributed by atoms with Crippen molar-refractivity contribution in [2.75, 3.05) is 17.2 Å². The van der Waals surface area contributed by atoms with Crippen molar-refractivity contribution in [2.24, 2.45) is 0 Å². The van der Waals surface area contributed by atoms with Gasteiger partial charge in [0, 0.05) is 17.9 Å². The molecule has 3 heteroatoms. The number of anilines is 2. The Kier molecular flexibility index (Phi) is 4.41. The maximum absolute atomic E-state index is 12.5. The van der Waals surface area contributed by atoms with E-state index in [1.165, 1.54) is 0 Å². The Morgan fingerprint density at radius 3 is 2.50 bits per heavy atom. The Balaban J connectivity index is 2.29. The third kappa shape index (κ3) is 3.18. The molecular weight excluding hydrogens is 248 g/mol. The van der Waals surface area contributed by atoms with Crippen LogP contribution in [-0.2, 0) is 0 Å². The summed E-state index contributed by atoms with van der Waals surface area (Å²) >= 11 is 0. The molecule has 20 heavy (non-hydrogen) atoms. The van der Waals surface area contributed by atoms with E-state index in [1.54, 1.807) is 0 Å². The number of aryl methyl sites for hydroxylation is 2. The summed E-state index contributed by atoms with van der Waals surface area (Å²) in [7, 11) is 0. The van der Waals surface area contributed by atoms with E-state index in [4.69, 9.17) is 0 Å². The SMILES string of the molecule is CCNc1ccc(C)cc1C(=O)Nc1ccccc1C. The van der Waals surface area contributed by atoms with Gasteiger partial charge in [-0.1, -0.05) is 29.8 Å². The second kappa shape index (κ2) is 6.24. The molecule has 0 saturated carbocycles. The molecule has 0 saturated heterocycles. The molecule has 0 unspecified atom stereocenters. The first-order valence-corrected chi connectivity index (χ1v) is 6.83. The summed E-state index contributed by atoms with van der Waals surface area (Å²) in [6.45, 7) is 6.77. The third-order valence-electron chi connectivity index (χ3n) is 3.18. The molecule has 0 atom stereocenters. The van der Waals surface area contributed by atoms with Crippen molar-refractivity contribution in [1.29, 1.82) is 0 Å². The van der Waals surface area contributed by atoms with Gasteiger partial charge in [-0.15, -0.1) is 0 Å². The summed E-state index contributed by atoms with van der Waals surface area (Å²) in [5, 5.41) is 6.20. The lowest BCUT2D eigenvalue weighted by atomic mass is 10.1. The first kappa shape index (κ1) is 14.1. The lowest BCUT2D eigenvalue weighted by Gasteiger charge is -2.13. The van der Waals surface area contributed by atoms with Crippen molar-refractivity contribution < 1.29 is 4.79 Å². The van der Waals surface area contributed by atoms with Crippen LogP contribution in [-0.4, -0.2) is 12.5 Å². The number of hydrogen-bond acceptors (Lipinski definition) is 2. The van der Waals surface area contributed by atoms with Crippen molar-refractivity contribution in [1.82, 2.24) is 0 Å². The van der Waals surface area contributed by atoms with E-state index >= 15 is 0 Å². The summed E-state index contributed by atoms with van der Waals surface area (Å²) in [6, 6.07) is 13.6. The van der Waals surface area contributed by atoms with Crippen LogP contribution in [0.4, 0.5) is 11.4 Å². The number of carbonyl (C=O) groups is 1. The highest BCUT2D eigenvalue weighted by atomic mass is 16.1. The van der Waals surface area contributed by atoms with E-state index in [0.29, 0.717) is 5.56 Å². The standard InChI is InChI=1S/C17H20N2O/c1-4-18-16-10-9-12(2)11-14(16)17(20)19-15-8-6-5-7-13(15)3/h5-11,18H,4H2,1-3H3,(H,19,20). The normalized spacial score (nSPS) is 10.2. The highest BCUT2D eigenvalue weighted by Gasteiger charge is 2.12. The van der Waals surface area contributed by atoms with E-state index < -0.39 is 0 Å². The summed E-state index contributed by atoms with van der Waals surface area (Å²) in [5.74, 6) is -0.0843. The largest absolute Gasteiger partial charge is 0.385 e. The topological polar surface area (TPSA) is 41.1 Å². The Labute approximate surface area is 120 Å². The van der Waals surface area contributed by atoms with Crippen LogP contribution in [0, 0.1) is 13.8 Å². The maximum Gasteiger partial charge on any atom is 0.257 e. The van der Waals surface area contributed by atoms with Crippen LogP contribution in [0.3, 0.4) is 0 Å². The smallest absolute Gasteiger partial charge is 0.257 e. The van der Waals surface area contributed by atoms with Gasteiger partial charge in [0.05, 0.1) is 5.56 Å². The van der Waals surface area contributed by atoms with E-state index in [-0.39, 0.29) is 5.91 Å². The van der Waals surface area contributed by atoms with Crippen LogP contribution in [0.15, 0.2) is 42.5 Å². The molecule has 0 bridgehead atoms. The molecule has 0 fully saturated rings. The average Bonchev–Trinajstić information content (AvgIpc) is 2.43. The number of para-hydroxylation sites is 1. The van der Waals surface area contributed by atoms with E-state index in [9.17, 15) is 4.79 Å². The van der Waals surface area contributed by atoms with E-state index in [0.717, 1.165) is 29.0 Å². The number of carbonyl (C=O) groups excluding carboxylic acids is 1. The van der Waals surface area contributed by atoms with Gasteiger partial charge in [0.15, 0.2) is 0 Å². The summed E-state index contributed by atoms with van der Waals surface area (Å²) < 4.78 is 0. The number of benzene rings is 2. The fraction of sp³-hybridized carbons (Fsp3) is 0.235. The lowest BCUT2D eigenvalue weighted by Crippen LogP contribution is -2.15. The zero-order chi connectivity index (χ0) is 14.5. The fourth-order valence-electron chi connectivity index (χ4n) is 2.09. The molecule has 0 radical (unpaired) electrons. The highest BCUT2D eigenvalue weighted by Crippen LogP contribution is 2.20. The van der Waals surface area contributed by atoms with Gasteiger partial charge in [0.2, 0.25) is 0 Å². The van der Waals surface area contributed by atoms with Crippen molar-refractivity contribution in [3.63, 3.8) is 0 Å². The fourth-order valence-corrected chi connectivity index (χ4v) is 2.09. The quantitative estimate of drug-likeness (QED) is 0.880. The zero-order valence-corrected chi connectivity index (χ0v) is 12.2. The molecule has 0 aliphatic carbocycles. The molecule has 0 spiro atoms. The van der Waals surface area contributed by atoms with Crippen molar-refractivity contribution >= 4 is 17.3 Å². The Morgan fingerprint density at radius 1 is 1.05 bits per heavy atom. The van der Waals surface area contributed by atoms with Crippen molar-refractivity contribution in [3.8, 4) is 0 Å². The minimum atomic E-state index is -0.0843. The molecule has 0 aromatic heterocycles. The lowest BCUT2D eigenvalue weighted by molar-refractivity contribution is 0.102. The zero-order valence-electron chi connectivity index (χ0n) is 12.2. The predicted molar refractivity (Wildman–Crippen MR) is 84.5 cm³/mol. The predicted octanol–water partition coefficient (Wildman–Crippen LogP) is 3.99. The Hall–Kier alpha value is -2.29. The number of nitrogens with one attached hydrogen (secondary N) is 2. The monoisotopic (exact) mass is 268 g/mol. The van der Waals surface area contributed by atoms with Crippen LogP contribution in [0.1, 0.15) is 28.4 Å². The maximum atomic E-state index is 12.5. The van der Waals surface area contributed by atoms with Gasteiger partial charge in [-0.25, -0.2) is 0 Å². The Bertz CT molecular complexity index is 620. The second-order valence-electron chi connectivity index (χ2n) is 4.85. The molecule has 0 aliphatic rings. The van der Waals surface area contributed by atoms with Gasteiger partial charge in [-0.3, -0.25) is 4.79 Å². The van der Waals surface area contributed by atoms with Gasteiger partial charge in [-0.05, 0) is 44.5 Å². The first-order chi connectivity index (χ1) is 9.61. The number of hydrogen-bond donors (Lipinski definition) is 2. The summed E-state index contributed by atoms with van der Waals surface area (Å²) in [6.07, 6.45) is 0. The van der Waals surface area contributed by atoms with Gasteiger partial charge in [0.1, 0.15) is 0 Å². The van der Waals surface area contributed by atoms with E-state index in [1.807, 2.05) is 63.2 Å². The van der Waals surface area contributed by atoms with Gasteiger partial charge in [-0.2, -0.15) is 0 Å². The van der Waals surface area contributed by atoms with Gasteiger partial charge in [0.25, 0.3) is 5.91 Å². The number of amides is 1. The molecule has 2 N–H and O–H groups in total. The molecule has 0 heterocycles. The molecule has 2 aromatic rings. The number of rotatable bonds is 4. The highest BCUT2D eigenvalue weighted by molar-refractivity contribution is 6.08. The van der Waals surface area contributed by atoms with Gasteiger partial charge < -0.3 is 10.6 Å². The van der Waals surface area contributed by atoms with Crippen LogP contribution in [0.5, 0.6) is 0 Å². The van der Waals surface area contributed by atoms with Crippen LogP contribution < -0.4 is 10.6 Å². The van der Waals surface area contributed by atoms with Crippen molar-refractivity contribution in [3.05, 3.63) is 59.2 Å². The first-order valence-electron chi connectivity index (χ1n) is 6.83. The Morgan fingerprint density at radius 2 is 1.80 bits per heavy atom. The van der Waals surface area contributed by atoms with Crippen LogP contribution in [0.2, 0.25) is 0 Å².